The van der Waals surface area contributed by atoms with Crippen molar-refractivity contribution in [1.29, 1.82) is 0 Å². The third kappa shape index (κ3) is 2.25. The van der Waals surface area contributed by atoms with Gasteiger partial charge in [0.1, 0.15) is 0 Å². The molecule has 0 aliphatic carbocycles. The molecule has 82 valence electrons. The number of nitrogens with one attached hydrogen (secondary N) is 1. The van der Waals surface area contributed by atoms with Gasteiger partial charge in [0.05, 0.1) is 11.8 Å². The second-order valence-corrected chi connectivity index (χ2v) is 3.90. The highest BCUT2D eigenvalue weighted by atomic mass is 79.9. The van der Waals surface area contributed by atoms with E-state index >= 15 is 0 Å². The maximum Gasteiger partial charge on any atom is 0.260 e. The molecule has 2 aromatic rings. The topological polar surface area (TPSA) is 68.3 Å². The Hall–Kier alpha value is -1.75. The first-order chi connectivity index (χ1) is 7.66. The Morgan fingerprint density at radius 2 is 1.94 bits per heavy atom. The first-order valence-electron chi connectivity index (χ1n) is 4.56. The molecule has 0 bridgehead atoms. The Labute approximate surface area is 101 Å². The molecule has 0 saturated carbocycles. The van der Waals surface area contributed by atoms with Gasteiger partial charge in [-0.15, -0.1) is 0 Å². The van der Waals surface area contributed by atoms with Gasteiger partial charge in [-0.25, -0.2) is 0 Å². The van der Waals surface area contributed by atoms with Crippen LogP contribution in [0.1, 0.15) is 10.4 Å². The summed E-state index contributed by atoms with van der Waals surface area (Å²) in [6.07, 6.45) is 1.45. The summed E-state index contributed by atoms with van der Waals surface area (Å²) in [6.45, 7) is 0. The zero-order valence-corrected chi connectivity index (χ0v) is 9.82. The molecule has 2 rings (SSSR count). The average molecular weight is 281 g/mol. The fraction of sp³-hybridized carbons (Fsp3) is 0. The monoisotopic (exact) mass is 280 g/mol. The van der Waals surface area contributed by atoms with Crippen LogP contribution in [0, 0.1) is 0 Å². The largest absolute Gasteiger partial charge is 0.457 e. The average Bonchev–Trinajstić information content (AvgIpc) is 2.68. The Morgan fingerprint density at radius 3 is 2.50 bits per heavy atom. The van der Waals surface area contributed by atoms with E-state index in [2.05, 4.69) is 21.2 Å². The predicted octanol–water partition coefficient (Wildman–Crippen LogP) is 2.88. The summed E-state index contributed by atoms with van der Waals surface area (Å²) in [7, 11) is 0. The predicted molar refractivity (Wildman–Crippen MR) is 65.2 cm³/mol. The lowest BCUT2D eigenvalue weighted by molar-refractivity contribution is 0.102. The van der Waals surface area contributed by atoms with Gasteiger partial charge in [-0.1, -0.05) is 0 Å². The van der Waals surface area contributed by atoms with Crippen molar-refractivity contribution in [3.05, 3.63) is 46.8 Å². The number of nitrogens with two attached hydrogens (primary N) is 1. The van der Waals surface area contributed by atoms with Gasteiger partial charge in [0, 0.05) is 11.4 Å². The first-order valence-corrected chi connectivity index (χ1v) is 5.36. The lowest BCUT2D eigenvalue weighted by atomic mass is 10.2. The molecule has 0 spiro atoms. The van der Waals surface area contributed by atoms with Crippen LogP contribution in [0.25, 0.3) is 0 Å². The summed E-state index contributed by atoms with van der Waals surface area (Å²) in [5.74, 6) is -0.231. The van der Waals surface area contributed by atoms with E-state index in [1.165, 1.54) is 6.26 Å². The van der Waals surface area contributed by atoms with E-state index in [-0.39, 0.29) is 5.91 Å². The van der Waals surface area contributed by atoms with Crippen LogP contribution in [0.2, 0.25) is 0 Å². The molecule has 16 heavy (non-hydrogen) atoms. The van der Waals surface area contributed by atoms with Crippen LogP contribution in [0.3, 0.4) is 0 Å². The number of amides is 1. The molecule has 0 saturated heterocycles. The lowest BCUT2D eigenvalue weighted by Gasteiger charge is -2.03. The Bertz CT molecular complexity index is 505. The van der Waals surface area contributed by atoms with E-state index in [0.717, 1.165) is 0 Å². The second kappa shape index (κ2) is 4.40. The van der Waals surface area contributed by atoms with Crippen LogP contribution in [0.15, 0.2) is 45.7 Å². The normalized spacial score (nSPS) is 10.1. The van der Waals surface area contributed by atoms with E-state index in [1.54, 1.807) is 30.3 Å². The highest BCUT2D eigenvalue weighted by molar-refractivity contribution is 9.10. The van der Waals surface area contributed by atoms with Crippen molar-refractivity contribution in [2.24, 2.45) is 0 Å². The molecule has 5 heteroatoms. The summed E-state index contributed by atoms with van der Waals surface area (Å²) < 4.78 is 5.40. The van der Waals surface area contributed by atoms with Gasteiger partial charge in [0.25, 0.3) is 5.91 Å². The number of hydrogen-bond donors (Lipinski definition) is 2. The Balaban J connectivity index is 2.14. The zero-order valence-electron chi connectivity index (χ0n) is 8.24. The number of rotatable bonds is 2. The minimum absolute atomic E-state index is 0.231. The summed E-state index contributed by atoms with van der Waals surface area (Å²) in [5.41, 5.74) is 7.34. The van der Waals surface area contributed by atoms with E-state index in [0.29, 0.717) is 21.6 Å². The molecule has 0 atom stereocenters. The molecule has 0 radical (unpaired) electrons. The molecule has 1 aromatic carbocycles. The van der Waals surface area contributed by atoms with Crippen LogP contribution >= 0.6 is 15.9 Å². The molecular weight excluding hydrogens is 272 g/mol. The number of hydrogen-bond acceptors (Lipinski definition) is 3. The summed E-state index contributed by atoms with van der Waals surface area (Å²) in [6, 6.07) is 8.51. The SMILES string of the molecule is Nc1ccc(NC(=O)c2ccoc2Br)cc1. The number of furan rings is 1. The van der Waals surface area contributed by atoms with Crippen LogP contribution in [0.4, 0.5) is 11.4 Å². The summed E-state index contributed by atoms with van der Waals surface area (Å²) in [4.78, 5) is 11.7. The molecule has 1 aromatic heterocycles. The summed E-state index contributed by atoms with van der Waals surface area (Å²) in [5, 5.41) is 2.73. The fourth-order valence-corrected chi connectivity index (χ4v) is 1.64. The highest BCUT2D eigenvalue weighted by Crippen LogP contribution is 2.19. The zero-order chi connectivity index (χ0) is 11.5. The smallest absolute Gasteiger partial charge is 0.260 e. The molecule has 0 unspecified atom stereocenters. The number of anilines is 2. The van der Waals surface area contributed by atoms with Crippen molar-refractivity contribution in [2.45, 2.75) is 0 Å². The number of halogens is 1. The Morgan fingerprint density at radius 1 is 1.25 bits per heavy atom. The van der Waals surface area contributed by atoms with Gasteiger partial charge in [-0.05, 0) is 46.3 Å². The van der Waals surface area contributed by atoms with Crippen molar-refractivity contribution in [1.82, 2.24) is 0 Å². The van der Waals surface area contributed by atoms with Gasteiger partial charge in [0.15, 0.2) is 4.67 Å². The van der Waals surface area contributed by atoms with Gasteiger partial charge in [-0.3, -0.25) is 4.79 Å². The molecule has 4 nitrogen and oxygen atoms in total. The molecule has 0 aliphatic heterocycles. The van der Waals surface area contributed by atoms with Crippen LogP contribution < -0.4 is 11.1 Å². The van der Waals surface area contributed by atoms with E-state index in [4.69, 9.17) is 10.2 Å². The number of benzene rings is 1. The fourth-order valence-electron chi connectivity index (χ4n) is 1.22. The second-order valence-electron chi connectivity index (χ2n) is 3.18. The van der Waals surface area contributed by atoms with Crippen molar-refractivity contribution in [3.63, 3.8) is 0 Å². The lowest BCUT2D eigenvalue weighted by Crippen LogP contribution is -2.11. The van der Waals surface area contributed by atoms with Crippen LogP contribution in [-0.2, 0) is 0 Å². The first kappa shape index (κ1) is 10.8. The quantitative estimate of drug-likeness (QED) is 0.832. The van der Waals surface area contributed by atoms with Gasteiger partial charge in [0.2, 0.25) is 0 Å². The number of carbonyl (C=O) groups excluding carboxylic acids is 1. The van der Waals surface area contributed by atoms with Gasteiger partial charge in [-0.2, -0.15) is 0 Å². The van der Waals surface area contributed by atoms with Crippen molar-refractivity contribution < 1.29 is 9.21 Å². The third-order valence-electron chi connectivity index (χ3n) is 2.03. The van der Waals surface area contributed by atoms with Gasteiger partial charge >= 0.3 is 0 Å². The number of nitrogen functional groups attached to an aromatic ring is 1. The Kier molecular flexibility index (Phi) is 2.96. The van der Waals surface area contributed by atoms with E-state index < -0.39 is 0 Å². The molecule has 0 fully saturated rings. The third-order valence-corrected chi connectivity index (χ3v) is 2.65. The van der Waals surface area contributed by atoms with Crippen molar-refractivity contribution in [2.75, 3.05) is 11.1 Å². The molecule has 1 amide bonds. The van der Waals surface area contributed by atoms with Crippen LogP contribution in [0.5, 0.6) is 0 Å². The minimum Gasteiger partial charge on any atom is -0.457 e. The molecule has 0 aliphatic rings. The summed E-state index contributed by atoms with van der Waals surface area (Å²) >= 11 is 3.14. The van der Waals surface area contributed by atoms with E-state index in [1.807, 2.05) is 0 Å². The molecule has 1 heterocycles. The van der Waals surface area contributed by atoms with Crippen LogP contribution in [-0.4, -0.2) is 5.91 Å². The molecule has 3 N–H and O–H groups in total. The van der Waals surface area contributed by atoms with Crippen molar-refractivity contribution >= 4 is 33.2 Å². The number of carbonyl (C=O) groups is 1. The van der Waals surface area contributed by atoms with E-state index in [9.17, 15) is 4.79 Å². The maximum absolute atomic E-state index is 11.7. The van der Waals surface area contributed by atoms with Crippen molar-refractivity contribution in [3.8, 4) is 0 Å². The maximum atomic E-state index is 11.7. The standard InChI is InChI=1S/C11H9BrN2O2/c12-10-9(5-6-16-10)11(15)14-8-3-1-7(13)2-4-8/h1-6H,13H2,(H,14,15). The highest BCUT2D eigenvalue weighted by Gasteiger charge is 2.12. The molecular formula is C11H9BrN2O2. The van der Waals surface area contributed by atoms with Gasteiger partial charge < -0.3 is 15.5 Å². The minimum atomic E-state index is -0.231.